The Bertz CT molecular complexity index is 1610. The number of aromatic nitrogens is 4. The Balaban J connectivity index is 1.29. The maximum absolute atomic E-state index is 7.13. The highest BCUT2D eigenvalue weighted by Gasteiger charge is 2.57. The third-order valence-electron chi connectivity index (χ3n) is 8.22. The van der Waals surface area contributed by atoms with Crippen LogP contribution in [0.2, 0.25) is 0 Å². The molecule has 2 aromatic heterocycles. The molecule has 0 saturated carbocycles. The summed E-state index contributed by atoms with van der Waals surface area (Å²) in [5, 5.41) is 0. The van der Waals surface area contributed by atoms with Crippen LogP contribution in [0.3, 0.4) is 0 Å². The smallest absolute Gasteiger partial charge is 0.167 e. The summed E-state index contributed by atoms with van der Waals surface area (Å²) in [5.74, 6) is 0.185. The number of hydrogen-bond acceptors (Lipinski definition) is 8. The zero-order valence-corrected chi connectivity index (χ0v) is 24.5. The number of imidazole rings is 1. The number of aryl methyl sites for hydroxylation is 1. The van der Waals surface area contributed by atoms with Crippen LogP contribution in [-0.4, -0.2) is 50.2 Å². The van der Waals surface area contributed by atoms with Gasteiger partial charge in [-0.25, -0.2) is 15.0 Å². The van der Waals surface area contributed by atoms with Gasteiger partial charge in [0.1, 0.15) is 35.3 Å². The normalized spacial score (nSPS) is 23.0. The average molecular weight is 578 g/mol. The molecule has 43 heavy (non-hydrogen) atoms. The van der Waals surface area contributed by atoms with E-state index in [1.165, 1.54) is 0 Å². The van der Waals surface area contributed by atoms with Crippen LogP contribution in [0.15, 0.2) is 97.3 Å². The quantitative estimate of drug-likeness (QED) is 0.245. The minimum Gasteiger partial charge on any atom is -0.382 e. The molecule has 3 aromatic carbocycles. The van der Waals surface area contributed by atoms with Crippen LogP contribution in [0.5, 0.6) is 0 Å². The van der Waals surface area contributed by atoms with Crippen molar-refractivity contribution in [2.75, 3.05) is 12.3 Å². The van der Waals surface area contributed by atoms with E-state index in [1.807, 2.05) is 79.9 Å². The molecule has 2 aliphatic heterocycles. The third kappa shape index (κ3) is 4.78. The van der Waals surface area contributed by atoms with Crippen molar-refractivity contribution in [2.24, 2.45) is 0 Å². The molecule has 2 saturated heterocycles. The second-order valence-corrected chi connectivity index (χ2v) is 11.4. The van der Waals surface area contributed by atoms with Gasteiger partial charge in [-0.15, -0.1) is 0 Å². The van der Waals surface area contributed by atoms with E-state index < -0.39 is 29.8 Å². The van der Waals surface area contributed by atoms with Gasteiger partial charge in [0.05, 0.1) is 12.9 Å². The van der Waals surface area contributed by atoms with Gasteiger partial charge in [-0.1, -0.05) is 97.9 Å². The molecule has 0 unspecified atom stereocenters. The predicted octanol–water partition coefficient (Wildman–Crippen LogP) is 5.40. The molecule has 2 N–H and O–H groups in total. The Morgan fingerprint density at radius 2 is 1.40 bits per heavy atom. The molecule has 9 heteroatoms. The van der Waals surface area contributed by atoms with Crippen LogP contribution in [0.1, 0.15) is 49.5 Å². The van der Waals surface area contributed by atoms with Crippen LogP contribution >= 0.6 is 0 Å². The SMILES string of the molecule is CCc1nc(N)c2ncn([C@@H]3O[C@H](COC(c4ccccc4)(c4ccccc4)c4ccccc4)[C@H]4OC(C)(C)O[C@H]43)c2n1. The zero-order chi connectivity index (χ0) is 29.6. The Morgan fingerprint density at radius 1 is 0.837 bits per heavy atom. The number of nitrogens with zero attached hydrogens (tertiary/aromatic N) is 4. The molecular weight excluding hydrogens is 542 g/mol. The van der Waals surface area contributed by atoms with Gasteiger partial charge in [0.2, 0.25) is 0 Å². The third-order valence-corrected chi connectivity index (χ3v) is 8.22. The molecule has 9 nitrogen and oxygen atoms in total. The first-order chi connectivity index (χ1) is 20.9. The van der Waals surface area contributed by atoms with Crippen molar-refractivity contribution < 1.29 is 18.9 Å². The van der Waals surface area contributed by atoms with Crippen molar-refractivity contribution in [1.82, 2.24) is 19.5 Å². The predicted molar refractivity (Wildman–Crippen MR) is 162 cm³/mol. The standard InChI is InChI=1S/C34H35N5O4/c1-4-26-37-30(35)27-31(38-26)39(21-36-27)32-29-28(42-33(2,3)43-29)25(41-32)20-40-34(22-14-8-5-9-15-22,23-16-10-6-11-17-23)24-18-12-7-13-19-24/h5-19,21,25,28-29,32H,4,20H2,1-3H3,(H2,35,37,38)/t25-,28-,29-,32-/m1/s1. The van der Waals surface area contributed by atoms with Crippen molar-refractivity contribution in [2.45, 2.75) is 63.1 Å². The van der Waals surface area contributed by atoms with E-state index in [4.69, 9.17) is 29.7 Å². The molecule has 0 amide bonds. The second-order valence-electron chi connectivity index (χ2n) is 11.4. The number of anilines is 1. The number of nitrogens with two attached hydrogens (primary N) is 1. The molecule has 220 valence electrons. The van der Waals surface area contributed by atoms with Crippen LogP contribution in [0.4, 0.5) is 5.82 Å². The molecule has 0 bridgehead atoms. The summed E-state index contributed by atoms with van der Waals surface area (Å²) in [6.07, 6.45) is 0.534. The molecule has 0 aliphatic carbocycles. The fourth-order valence-electron chi connectivity index (χ4n) is 6.32. The number of benzene rings is 3. The lowest BCUT2D eigenvalue weighted by atomic mass is 9.80. The number of nitrogen functional groups attached to an aromatic ring is 1. The van der Waals surface area contributed by atoms with Crippen molar-refractivity contribution >= 4 is 17.0 Å². The molecule has 2 aliphatic rings. The van der Waals surface area contributed by atoms with E-state index in [1.54, 1.807) is 6.33 Å². The molecular formula is C34H35N5O4. The summed E-state index contributed by atoms with van der Waals surface area (Å²) >= 11 is 0. The number of ether oxygens (including phenoxy) is 4. The van der Waals surface area contributed by atoms with Crippen LogP contribution in [0.25, 0.3) is 11.2 Å². The van der Waals surface area contributed by atoms with E-state index in [2.05, 4.69) is 46.4 Å². The van der Waals surface area contributed by atoms with E-state index in [-0.39, 0.29) is 12.7 Å². The maximum atomic E-state index is 7.13. The molecule has 4 heterocycles. The van der Waals surface area contributed by atoms with E-state index >= 15 is 0 Å². The largest absolute Gasteiger partial charge is 0.382 e. The lowest BCUT2D eigenvalue weighted by Crippen LogP contribution is -2.39. The Hall–Kier alpha value is -4.15. The lowest BCUT2D eigenvalue weighted by Gasteiger charge is -2.37. The number of rotatable bonds is 8. The summed E-state index contributed by atoms with van der Waals surface area (Å²) in [4.78, 5) is 13.6. The van der Waals surface area contributed by atoms with E-state index in [0.29, 0.717) is 29.2 Å². The van der Waals surface area contributed by atoms with Gasteiger partial charge in [0.15, 0.2) is 23.5 Å². The molecule has 5 aromatic rings. The average Bonchev–Trinajstić information content (AvgIpc) is 3.70. The van der Waals surface area contributed by atoms with Crippen molar-refractivity contribution in [3.8, 4) is 0 Å². The Kier molecular flexibility index (Phi) is 6.98. The fraction of sp³-hybridized carbons (Fsp3) is 0.324. The van der Waals surface area contributed by atoms with Crippen LogP contribution in [0, 0.1) is 0 Å². The fourth-order valence-corrected chi connectivity index (χ4v) is 6.32. The van der Waals surface area contributed by atoms with Gasteiger partial charge in [-0.2, -0.15) is 0 Å². The van der Waals surface area contributed by atoms with Gasteiger partial charge < -0.3 is 24.7 Å². The van der Waals surface area contributed by atoms with Crippen molar-refractivity contribution in [1.29, 1.82) is 0 Å². The highest BCUT2D eigenvalue weighted by atomic mass is 16.8. The molecule has 0 radical (unpaired) electrons. The summed E-state index contributed by atoms with van der Waals surface area (Å²) in [6.45, 7) is 6.07. The van der Waals surface area contributed by atoms with Crippen molar-refractivity contribution in [3.05, 3.63) is 120 Å². The highest BCUT2D eigenvalue weighted by Crippen LogP contribution is 2.46. The van der Waals surface area contributed by atoms with E-state index in [0.717, 1.165) is 16.7 Å². The molecule has 4 atom stereocenters. The minimum atomic E-state index is -0.894. The van der Waals surface area contributed by atoms with Gasteiger partial charge in [-0.05, 0) is 30.5 Å². The summed E-state index contributed by atoms with van der Waals surface area (Å²) < 4.78 is 28.6. The van der Waals surface area contributed by atoms with Crippen LogP contribution in [-0.2, 0) is 31.0 Å². The first kappa shape index (κ1) is 27.7. The molecule has 2 fully saturated rings. The van der Waals surface area contributed by atoms with Gasteiger partial charge in [-0.3, -0.25) is 4.57 Å². The first-order valence-corrected chi connectivity index (χ1v) is 14.7. The first-order valence-electron chi connectivity index (χ1n) is 14.7. The summed E-state index contributed by atoms with van der Waals surface area (Å²) in [6, 6.07) is 30.9. The number of hydrogen-bond donors (Lipinski definition) is 1. The van der Waals surface area contributed by atoms with Gasteiger partial charge in [0.25, 0.3) is 0 Å². The van der Waals surface area contributed by atoms with E-state index in [9.17, 15) is 0 Å². The zero-order valence-electron chi connectivity index (χ0n) is 24.5. The summed E-state index contributed by atoms with van der Waals surface area (Å²) in [5.41, 5.74) is 9.53. The van der Waals surface area contributed by atoms with Crippen LogP contribution < -0.4 is 5.73 Å². The second kappa shape index (κ2) is 10.8. The molecule has 0 spiro atoms. The van der Waals surface area contributed by atoms with Crippen molar-refractivity contribution in [3.63, 3.8) is 0 Å². The lowest BCUT2D eigenvalue weighted by molar-refractivity contribution is -0.204. The topological polar surface area (TPSA) is 107 Å². The monoisotopic (exact) mass is 577 g/mol. The van der Waals surface area contributed by atoms with Gasteiger partial charge in [0, 0.05) is 6.42 Å². The molecule has 7 rings (SSSR count). The Morgan fingerprint density at radius 3 is 1.95 bits per heavy atom. The Labute approximate surface area is 250 Å². The maximum Gasteiger partial charge on any atom is 0.167 e. The minimum absolute atomic E-state index is 0.236. The number of fused-ring (bicyclic) bond motifs is 2. The highest BCUT2D eigenvalue weighted by molar-refractivity contribution is 5.81. The summed E-state index contributed by atoms with van der Waals surface area (Å²) in [7, 11) is 0. The van der Waals surface area contributed by atoms with Gasteiger partial charge >= 0.3 is 0 Å².